The van der Waals surface area contributed by atoms with Crippen LogP contribution in [-0.2, 0) is 16.0 Å². The molecule has 1 aromatic carbocycles. The minimum Gasteiger partial charge on any atom is -0.439 e. The number of hydrogen-bond donors (Lipinski definition) is 1. The van der Waals surface area contributed by atoms with E-state index in [4.69, 9.17) is 9.26 Å². The van der Waals surface area contributed by atoms with Gasteiger partial charge >= 0.3 is 6.09 Å². The lowest BCUT2D eigenvalue weighted by molar-refractivity contribution is -0.136. The van der Waals surface area contributed by atoms with Crippen LogP contribution in [0.25, 0.3) is 11.4 Å². The molecule has 1 atom stereocenters. The molecule has 0 aliphatic carbocycles. The largest absolute Gasteiger partial charge is 0.439 e. The summed E-state index contributed by atoms with van der Waals surface area (Å²) < 4.78 is 10.7. The molecule has 142 valence electrons. The molecule has 2 aliphatic heterocycles. The Morgan fingerprint density at radius 1 is 1.41 bits per heavy atom. The highest BCUT2D eigenvalue weighted by Gasteiger charge is 2.44. The number of nitrogens with zero attached hydrogens (tertiary/aromatic N) is 3. The monoisotopic (exact) mass is 370 g/mol. The Hall–Kier alpha value is -2.90. The number of nitrogens with one attached hydrogen (secondary N) is 1. The lowest BCUT2D eigenvalue weighted by atomic mass is 9.93. The number of rotatable bonds is 4. The summed E-state index contributed by atoms with van der Waals surface area (Å²) in [5.41, 5.74) is 1.44. The second-order valence-electron chi connectivity index (χ2n) is 7.23. The summed E-state index contributed by atoms with van der Waals surface area (Å²) in [7, 11) is 0. The molecule has 2 fully saturated rings. The van der Waals surface area contributed by atoms with Crippen molar-refractivity contribution in [1.82, 2.24) is 20.4 Å². The number of hydrogen-bond acceptors (Lipinski definition) is 6. The number of benzene rings is 1. The maximum atomic E-state index is 12.6. The number of amides is 2. The number of ether oxygens (including phenoxy) is 1. The third-order valence-corrected chi connectivity index (χ3v) is 5.05. The summed E-state index contributed by atoms with van der Waals surface area (Å²) in [6.07, 6.45) is 1.86. The van der Waals surface area contributed by atoms with E-state index in [2.05, 4.69) is 15.5 Å². The number of aromatic nitrogens is 2. The lowest BCUT2D eigenvalue weighted by Crippen LogP contribution is -2.52. The van der Waals surface area contributed by atoms with Crippen LogP contribution in [0.5, 0.6) is 0 Å². The summed E-state index contributed by atoms with van der Waals surface area (Å²) in [5.74, 6) is 0.981. The van der Waals surface area contributed by atoms with Crippen LogP contribution in [0.15, 0.2) is 28.8 Å². The molecule has 3 heterocycles. The van der Waals surface area contributed by atoms with E-state index in [0.717, 1.165) is 24.0 Å². The number of carbonyl (C=O) groups excluding carboxylic acids is 2. The van der Waals surface area contributed by atoms with Crippen LogP contribution < -0.4 is 5.32 Å². The quantitative estimate of drug-likeness (QED) is 0.885. The molecule has 0 saturated carbocycles. The highest BCUT2D eigenvalue weighted by atomic mass is 16.6. The van der Waals surface area contributed by atoms with E-state index in [1.165, 1.54) is 0 Å². The second-order valence-corrected chi connectivity index (χ2v) is 7.23. The number of alkyl carbamates (subject to hydrolysis) is 1. The SMILES string of the molecule is Cc1cccc(-c2noc(CCC(=O)N3CCCC4(CNC(=O)O4)C3)n2)c1. The highest BCUT2D eigenvalue weighted by Crippen LogP contribution is 2.28. The molecule has 1 spiro atoms. The zero-order chi connectivity index (χ0) is 18.9. The fraction of sp³-hybridized carbons (Fsp3) is 0.474. The van der Waals surface area contributed by atoms with E-state index in [1.54, 1.807) is 4.90 Å². The molecule has 2 aliphatic rings. The molecule has 2 saturated heterocycles. The Kier molecular flexibility index (Phi) is 4.55. The zero-order valence-electron chi connectivity index (χ0n) is 15.2. The molecule has 4 rings (SSSR count). The van der Waals surface area contributed by atoms with E-state index in [0.29, 0.717) is 37.8 Å². The van der Waals surface area contributed by atoms with E-state index < -0.39 is 11.7 Å². The summed E-state index contributed by atoms with van der Waals surface area (Å²) in [6, 6.07) is 7.87. The van der Waals surface area contributed by atoms with Crippen molar-refractivity contribution in [2.24, 2.45) is 0 Å². The van der Waals surface area contributed by atoms with Crippen molar-refractivity contribution >= 4 is 12.0 Å². The van der Waals surface area contributed by atoms with Crippen molar-refractivity contribution in [2.45, 2.75) is 38.2 Å². The van der Waals surface area contributed by atoms with Crippen molar-refractivity contribution in [3.05, 3.63) is 35.7 Å². The van der Waals surface area contributed by atoms with Crippen LogP contribution in [0.4, 0.5) is 4.79 Å². The summed E-state index contributed by atoms with van der Waals surface area (Å²) in [5, 5.41) is 6.69. The van der Waals surface area contributed by atoms with Gasteiger partial charge in [0.1, 0.15) is 5.60 Å². The zero-order valence-corrected chi connectivity index (χ0v) is 15.2. The number of aryl methyl sites for hydroxylation is 2. The molecule has 0 radical (unpaired) electrons. The second kappa shape index (κ2) is 7.02. The molecule has 2 amide bonds. The molecule has 1 unspecified atom stereocenters. The first kappa shape index (κ1) is 17.5. The van der Waals surface area contributed by atoms with Crippen LogP contribution in [0.3, 0.4) is 0 Å². The molecule has 0 bridgehead atoms. The summed E-state index contributed by atoms with van der Waals surface area (Å²) in [6.45, 7) is 3.57. The predicted molar refractivity (Wildman–Crippen MR) is 95.8 cm³/mol. The Bertz CT molecular complexity index is 865. The number of piperidine rings is 1. The van der Waals surface area contributed by atoms with Crippen LogP contribution in [-0.4, -0.2) is 52.3 Å². The molecular formula is C19H22N4O4. The van der Waals surface area contributed by atoms with Gasteiger partial charge in [0.2, 0.25) is 17.6 Å². The maximum absolute atomic E-state index is 12.6. The van der Waals surface area contributed by atoms with Crippen molar-refractivity contribution < 1.29 is 18.8 Å². The minimum atomic E-state index is -0.576. The topological polar surface area (TPSA) is 97.6 Å². The molecule has 8 heteroatoms. The van der Waals surface area contributed by atoms with E-state index in [1.807, 2.05) is 31.2 Å². The normalized spacial score (nSPS) is 22.0. The Labute approximate surface area is 156 Å². The van der Waals surface area contributed by atoms with Gasteiger partial charge in [-0.2, -0.15) is 4.98 Å². The van der Waals surface area contributed by atoms with Gasteiger partial charge in [-0.3, -0.25) is 4.79 Å². The van der Waals surface area contributed by atoms with Crippen LogP contribution in [0.2, 0.25) is 0 Å². The van der Waals surface area contributed by atoms with Gasteiger partial charge in [0, 0.05) is 24.9 Å². The molecular weight excluding hydrogens is 348 g/mol. The van der Waals surface area contributed by atoms with Gasteiger partial charge < -0.3 is 19.5 Å². The Balaban J connectivity index is 1.35. The van der Waals surface area contributed by atoms with Gasteiger partial charge in [0.15, 0.2) is 0 Å². The van der Waals surface area contributed by atoms with E-state index in [-0.39, 0.29) is 12.3 Å². The number of likely N-dealkylation sites (tertiary alicyclic amines) is 1. The predicted octanol–water partition coefficient (Wildman–Crippen LogP) is 2.08. The smallest absolute Gasteiger partial charge is 0.407 e. The molecule has 8 nitrogen and oxygen atoms in total. The van der Waals surface area contributed by atoms with Gasteiger partial charge in [-0.1, -0.05) is 28.9 Å². The molecule has 1 aromatic heterocycles. The van der Waals surface area contributed by atoms with Gasteiger partial charge in [-0.05, 0) is 25.8 Å². The average Bonchev–Trinajstić information content (AvgIpc) is 3.27. The summed E-state index contributed by atoms with van der Waals surface area (Å²) >= 11 is 0. The molecule has 2 aromatic rings. The minimum absolute atomic E-state index is 0.00679. The number of carbonyl (C=O) groups is 2. The standard InChI is InChI=1S/C19H22N4O4/c1-13-4-2-5-14(10-13)17-21-15(27-22-17)6-7-16(24)23-9-3-8-19(12-23)11-20-18(25)26-19/h2,4-5,10H,3,6-9,11-12H2,1H3,(H,20,25). The third-order valence-electron chi connectivity index (χ3n) is 5.05. The van der Waals surface area contributed by atoms with Crippen LogP contribution in [0.1, 0.15) is 30.7 Å². The van der Waals surface area contributed by atoms with Gasteiger partial charge in [-0.15, -0.1) is 0 Å². The third kappa shape index (κ3) is 3.79. The van der Waals surface area contributed by atoms with Crippen molar-refractivity contribution in [2.75, 3.05) is 19.6 Å². The van der Waals surface area contributed by atoms with Crippen LogP contribution >= 0.6 is 0 Å². The maximum Gasteiger partial charge on any atom is 0.407 e. The first-order chi connectivity index (χ1) is 13.0. The fourth-order valence-electron chi connectivity index (χ4n) is 3.67. The Morgan fingerprint density at radius 3 is 3.07 bits per heavy atom. The summed E-state index contributed by atoms with van der Waals surface area (Å²) in [4.78, 5) is 30.1. The van der Waals surface area contributed by atoms with E-state index in [9.17, 15) is 9.59 Å². The average molecular weight is 370 g/mol. The molecule has 1 N–H and O–H groups in total. The van der Waals surface area contributed by atoms with Gasteiger partial charge in [-0.25, -0.2) is 4.79 Å². The highest BCUT2D eigenvalue weighted by molar-refractivity contribution is 5.77. The van der Waals surface area contributed by atoms with Crippen molar-refractivity contribution in [3.63, 3.8) is 0 Å². The van der Waals surface area contributed by atoms with Gasteiger partial charge in [0.25, 0.3) is 0 Å². The van der Waals surface area contributed by atoms with Crippen LogP contribution in [0, 0.1) is 6.92 Å². The molecule has 27 heavy (non-hydrogen) atoms. The Morgan fingerprint density at radius 2 is 2.30 bits per heavy atom. The first-order valence-corrected chi connectivity index (χ1v) is 9.17. The van der Waals surface area contributed by atoms with E-state index >= 15 is 0 Å². The fourth-order valence-corrected chi connectivity index (χ4v) is 3.67. The lowest BCUT2D eigenvalue weighted by Gasteiger charge is -2.38. The van der Waals surface area contributed by atoms with Crippen molar-refractivity contribution in [3.8, 4) is 11.4 Å². The van der Waals surface area contributed by atoms with Crippen molar-refractivity contribution in [1.29, 1.82) is 0 Å². The van der Waals surface area contributed by atoms with Gasteiger partial charge in [0.05, 0.1) is 13.1 Å². The first-order valence-electron chi connectivity index (χ1n) is 9.17.